The Morgan fingerprint density at radius 3 is 1.57 bits per heavy atom. The number of aliphatic hydroxyl groups excluding tert-OH is 1. The van der Waals surface area contributed by atoms with Crippen LogP contribution in [-0.4, -0.2) is 29.2 Å². The first-order valence-corrected chi connectivity index (χ1v) is 3.42. The maximum atomic E-state index is 12.3. The van der Waals surface area contributed by atoms with Gasteiger partial charge in [-0.2, -0.15) is 30.7 Å². The van der Waals surface area contributed by atoms with Gasteiger partial charge in [0.2, 0.25) is 0 Å². The van der Waals surface area contributed by atoms with E-state index in [4.69, 9.17) is 5.11 Å². The Bertz CT molecular complexity index is 195. The minimum atomic E-state index is -6.33. The third-order valence-electron chi connectivity index (χ3n) is 1.37. The standard InChI is InChI=1S/C6H7F7O/c1-3(14)2-4(7,8)5(9,10)6(11,12)13/h3,14H,2H2,1H3/t3-/m0/s1. The molecule has 0 heterocycles. The molecule has 1 nitrogen and oxygen atoms in total. The van der Waals surface area contributed by atoms with Crippen LogP contribution in [0.2, 0.25) is 0 Å². The van der Waals surface area contributed by atoms with Crippen molar-refractivity contribution in [1.29, 1.82) is 0 Å². The van der Waals surface area contributed by atoms with Crippen LogP contribution in [0.4, 0.5) is 30.7 Å². The summed E-state index contributed by atoms with van der Waals surface area (Å²) in [5.41, 5.74) is 0. The Labute approximate surface area is 74.5 Å². The van der Waals surface area contributed by atoms with E-state index in [1.54, 1.807) is 0 Å². The van der Waals surface area contributed by atoms with E-state index in [1.807, 2.05) is 0 Å². The van der Waals surface area contributed by atoms with Crippen molar-refractivity contribution in [2.75, 3.05) is 0 Å². The molecule has 0 fully saturated rings. The zero-order valence-corrected chi connectivity index (χ0v) is 6.88. The van der Waals surface area contributed by atoms with Crippen molar-refractivity contribution in [3.05, 3.63) is 0 Å². The van der Waals surface area contributed by atoms with E-state index in [9.17, 15) is 30.7 Å². The first-order valence-electron chi connectivity index (χ1n) is 3.42. The maximum Gasteiger partial charge on any atom is 0.459 e. The lowest BCUT2D eigenvalue weighted by Gasteiger charge is -2.28. The van der Waals surface area contributed by atoms with Gasteiger partial charge >= 0.3 is 18.0 Å². The topological polar surface area (TPSA) is 20.2 Å². The third-order valence-corrected chi connectivity index (χ3v) is 1.37. The molecule has 0 radical (unpaired) electrons. The van der Waals surface area contributed by atoms with Gasteiger partial charge in [-0.1, -0.05) is 0 Å². The number of aliphatic hydroxyl groups is 1. The van der Waals surface area contributed by atoms with Crippen LogP contribution in [0.15, 0.2) is 0 Å². The van der Waals surface area contributed by atoms with E-state index in [1.165, 1.54) is 0 Å². The molecule has 1 N–H and O–H groups in total. The molecule has 1 atom stereocenters. The molecule has 0 aliphatic carbocycles. The van der Waals surface area contributed by atoms with Crippen molar-refractivity contribution in [1.82, 2.24) is 0 Å². The minimum absolute atomic E-state index is 0.695. The first kappa shape index (κ1) is 13.5. The average molecular weight is 228 g/mol. The summed E-state index contributed by atoms with van der Waals surface area (Å²) in [4.78, 5) is 0. The van der Waals surface area contributed by atoms with Crippen molar-refractivity contribution in [3.8, 4) is 0 Å². The number of alkyl halides is 7. The molecule has 0 aromatic carbocycles. The Kier molecular flexibility index (Phi) is 3.42. The largest absolute Gasteiger partial charge is 0.459 e. The van der Waals surface area contributed by atoms with Crippen LogP contribution in [-0.2, 0) is 0 Å². The number of hydrogen-bond donors (Lipinski definition) is 1. The summed E-state index contributed by atoms with van der Waals surface area (Å²) >= 11 is 0. The lowest BCUT2D eigenvalue weighted by Crippen LogP contribution is -2.52. The van der Waals surface area contributed by atoms with E-state index < -0.39 is 30.5 Å². The molecule has 0 saturated carbocycles. The van der Waals surface area contributed by atoms with Gasteiger partial charge in [0.15, 0.2) is 0 Å². The highest BCUT2D eigenvalue weighted by Gasteiger charge is 2.72. The SMILES string of the molecule is C[C@H](O)CC(F)(F)C(F)(F)C(F)(F)F. The molecular formula is C6H7F7O. The molecule has 0 aromatic heterocycles. The zero-order chi connectivity index (χ0) is 11.8. The van der Waals surface area contributed by atoms with Crippen LogP contribution >= 0.6 is 0 Å². The summed E-state index contributed by atoms with van der Waals surface area (Å²) in [5, 5.41) is 8.34. The van der Waals surface area contributed by atoms with Gasteiger partial charge < -0.3 is 5.11 Å². The summed E-state index contributed by atoms with van der Waals surface area (Å²) in [6.07, 6.45) is -10.2. The van der Waals surface area contributed by atoms with Crippen LogP contribution in [0.1, 0.15) is 13.3 Å². The van der Waals surface area contributed by atoms with E-state index in [0.717, 1.165) is 0 Å². The fraction of sp³-hybridized carbons (Fsp3) is 1.00. The summed E-state index contributed by atoms with van der Waals surface area (Å²) < 4.78 is 83.2. The molecular weight excluding hydrogens is 221 g/mol. The van der Waals surface area contributed by atoms with E-state index in [2.05, 4.69) is 0 Å². The summed E-state index contributed by atoms with van der Waals surface area (Å²) in [5.74, 6) is -11.4. The molecule has 0 unspecified atom stereocenters. The molecule has 0 rings (SSSR count). The smallest absolute Gasteiger partial charge is 0.393 e. The van der Waals surface area contributed by atoms with Crippen molar-refractivity contribution in [2.45, 2.75) is 37.5 Å². The zero-order valence-electron chi connectivity index (χ0n) is 6.88. The fourth-order valence-electron chi connectivity index (χ4n) is 0.707. The minimum Gasteiger partial charge on any atom is -0.393 e. The molecule has 14 heavy (non-hydrogen) atoms. The number of halogens is 7. The summed E-state index contributed by atoms with van der Waals surface area (Å²) in [7, 11) is 0. The number of rotatable bonds is 3. The molecule has 0 aliphatic heterocycles. The van der Waals surface area contributed by atoms with Gasteiger partial charge in [-0.05, 0) is 6.92 Å². The summed E-state index contributed by atoms with van der Waals surface area (Å²) in [6.45, 7) is 0.695. The second-order valence-electron chi connectivity index (χ2n) is 2.83. The molecule has 0 bridgehead atoms. The van der Waals surface area contributed by atoms with E-state index in [-0.39, 0.29) is 0 Å². The van der Waals surface area contributed by atoms with Crippen molar-refractivity contribution in [2.24, 2.45) is 0 Å². The van der Waals surface area contributed by atoms with Gasteiger partial charge in [-0.15, -0.1) is 0 Å². The molecule has 0 amide bonds. The van der Waals surface area contributed by atoms with Gasteiger partial charge in [-0.3, -0.25) is 0 Å². The first-order chi connectivity index (χ1) is 5.92. The second-order valence-corrected chi connectivity index (χ2v) is 2.83. The highest BCUT2D eigenvalue weighted by atomic mass is 19.4. The Morgan fingerprint density at radius 1 is 1.00 bits per heavy atom. The Hall–Kier alpha value is -0.530. The number of hydrogen-bond acceptors (Lipinski definition) is 1. The monoisotopic (exact) mass is 228 g/mol. The average Bonchev–Trinajstić information content (AvgIpc) is 1.80. The van der Waals surface area contributed by atoms with Crippen molar-refractivity contribution >= 4 is 0 Å². The van der Waals surface area contributed by atoms with Gasteiger partial charge in [0.25, 0.3) is 0 Å². The van der Waals surface area contributed by atoms with Crippen LogP contribution < -0.4 is 0 Å². The predicted molar refractivity (Wildman–Crippen MR) is 32.2 cm³/mol. The fourth-order valence-corrected chi connectivity index (χ4v) is 0.707. The molecule has 0 spiro atoms. The van der Waals surface area contributed by atoms with Crippen LogP contribution in [0.3, 0.4) is 0 Å². The van der Waals surface area contributed by atoms with Crippen molar-refractivity contribution in [3.63, 3.8) is 0 Å². The van der Waals surface area contributed by atoms with Crippen LogP contribution in [0, 0.1) is 0 Å². The Morgan fingerprint density at radius 2 is 1.36 bits per heavy atom. The second kappa shape index (κ2) is 3.56. The van der Waals surface area contributed by atoms with Gasteiger partial charge in [0.05, 0.1) is 6.10 Å². The van der Waals surface area contributed by atoms with E-state index >= 15 is 0 Å². The normalized spacial score (nSPS) is 16.9. The van der Waals surface area contributed by atoms with Crippen LogP contribution in [0.5, 0.6) is 0 Å². The predicted octanol–water partition coefficient (Wildman–Crippen LogP) is 2.59. The van der Waals surface area contributed by atoms with Crippen molar-refractivity contribution < 1.29 is 35.8 Å². The third kappa shape index (κ3) is 2.49. The molecule has 0 aliphatic rings. The maximum absolute atomic E-state index is 12.3. The Balaban J connectivity index is 4.88. The van der Waals surface area contributed by atoms with E-state index in [0.29, 0.717) is 6.92 Å². The van der Waals surface area contributed by atoms with Crippen LogP contribution in [0.25, 0.3) is 0 Å². The molecule has 86 valence electrons. The molecule has 0 aromatic rings. The van der Waals surface area contributed by atoms with Gasteiger partial charge in [0, 0.05) is 6.42 Å². The molecule has 0 saturated heterocycles. The van der Waals surface area contributed by atoms with Gasteiger partial charge in [-0.25, -0.2) is 0 Å². The lowest BCUT2D eigenvalue weighted by atomic mass is 10.1. The quantitative estimate of drug-likeness (QED) is 0.736. The lowest BCUT2D eigenvalue weighted by molar-refractivity contribution is -0.358. The van der Waals surface area contributed by atoms with Gasteiger partial charge in [0.1, 0.15) is 0 Å². The molecule has 8 heteroatoms. The highest BCUT2D eigenvalue weighted by Crippen LogP contribution is 2.48. The summed E-state index contributed by atoms with van der Waals surface area (Å²) in [6, 6.07) is 0. The highest BCUT2D eigenvalue weighted by molar-refractivity contribution is 4.91.